The van der Waals surface area contributed by atoms with E-state index in [1.54, 1.807) is 10.8 Å². The van der Waals surface area contributed by atoms with Gasteiger partial charge in [0.25, 0.3) is 0 Å². The number of hydrogen-bond acceptors (Lipinski definition) is 3. The second-order valence-electron chi connectivity index (χ2n) is 8.27. The highest BCUT2D eigenvalue weighted by molar-refractivity contribution is 6.00. The molecule has 0 aliphatic rings. The van der Waals surface area contributed by atoms with Crippen LogP contribution in [0, 0.1) is 6.92 Å². The molecule has 5 nitrogen and oxygen atoms in total. The van der Waals surface area contributed by atoms with E-state index in [9.17, 15) is 4.79 Å². The Bertz CT molecular complexity index is 1190. The van der Waals surface area contributed by atoms with Crippen molar-refractivity contribution in [2.75, 3.05) is 0 Å². The van der Waals surface area contributed by atoms with Gasteiger partial charge in [-0.2, -0.15) is 5.10 Å². The van der Waals surface area contributed by atoms with Crippen LogP contribution in [0.1, 0.15) is 41.8 Å². The van der Waals surface area contributed by atoms with Crippen molar-refractivity contribution in [2.24, 2.45) is 0 Å². The van der Waals surface area contributed by atoms with E-state index in [2.05, 4.69) is 29.3 Å². The van der Waals surface area contributed by atoms with Crippen LogP contribution in [0.5, 0.6) is 0 Å². The average Bonchev–Trinajstić information content (AvgIpc) is 3.33. The standard InChI is InChI=1S/C19H21N3O2.C7H8.2H2/c1-5-8-13-11-16(21-20-13)15-12-22(18(23)24-19(2,3)4)17-10-7-6-9-14(15)17;1-7-5-3-2-4-6-7;;/h5-12H,1-4H3,(H,20,21);2-6H,1H3;2*1H/b8-5-;;;. The van der Waals surface area contributed by atoms with Crippen LogP contribution in [0.4, 0.5) is 4.79 Å². The third-order valence-corrected chi connectivity index (χ3v) is 4.46. The first kappa shape index (κ1) is 22.1. The normalized spacial score (nSPS) is 11.4. The summed E-state index contributed by atoms with van der Waals surface area (Å²) in [5.41, 5.74) is 4.18. The molecule has 5 heteroatoms. The lowest BCUT2D eigenvalue weighted by molar-refractivity contribution is 0.0544. The van der Waals surface area contributed by atoms with Crippen molar-refractivity contribution in [1.82, 2.24) is 14.8 Å². The van der Waals surface area contributed by atoms with E-state index >= 15 is 0 Å². The van der Waals surface area contributed by atoms with Gasteiger partial charge in [-0.15, -0.1) is 0 Å². The van der Waals surface area contributed by atoms with Crippen LogP contribution in [-0.2, 0) is 4.74 Å². The Morgan fingerprint density at radius 3 is 2.39 bits per heavy atom. The second-order valence-corrected chi connectivity index (χ2v) is 8.27. The van der Waals surface area contributed by atoms with Crippen molar-refractivity contribution in [1.29, 1.82) is 0 Å². The number of aryl methyl sites for hydroxylation is 1. The van der Waals surface area contributed by atoms with Crippen molar-refractivity contribution in [3.05, 3.63) is 84.2 Å². The van der Waals surface area contributed by atoms with E-state index in [1.165, 1.54) is 5.56 Å². The maximum atomic E-state index is 12.5. The molecule has 31 heavy (non-hydrogen) atoms. The van der Waals surface area contributed by atoms with Crippen LogP contribution in [0.3, 0.4) is 0 Å². The fraction of sp³-hybridized carbons (Fsp3) is 0.231. The maximum Gasteiger partial charge on any atom is 0.419 e. The van der Waals surface area contributed by atoms with Crippen molar-refractivity contribution in [3.8, 4) is 11.3 Å². The van der Waals surface area contributed by atoms with E-state index < -0.39 is 11.7 Å². The van der Waals surface area contributed by atoms with Crippen molar-refractivity contribution in [2.45, 2.75) is 40.2 Å². The summed E-state index contributed by atoms with van der Waals surface area (Å²) in [6.07, 6.45) is 5.29. The summed E-state index contributed by atoms with van der Waals surface area (Å²) < 4.78 is 7.05. The van der Waals surface area contributed by atoms with Gasteiger partial charge in [-0.05, 0) is 52.8 Å². The molecular weight excluding hydrogens is 386 g/mol. The molecule has 0 radical (unpaired) electrons. The first-order valence-electron chi connectivity index (χ1n) is 10.3. The lowest BCUT2D eigenvalue weighted by atomic mass is 10.1. The fourth-order valence-corrected chi connectivity index (χ4v) is 3.12. The van der Waals surface area contributed by atoms with Gasteiger partial charge in [-0.1, -0.05) is 60.2 Å². The fourth-order valence-electron chi connectivity index (χ4n) is 3.12. The Labute approximate surface area is 186 Å². The predicted octanol–water partition coefficient (Wildman–Crippen LogP) is 7.33. The zero-order valence-corrected chi connectivity index (χ0v) is 18.7. The molecule has 0 bridgehead atoms. The number of nitrogens with zero attached hydrogens (tertiary/aromatic N) is 2. The van der Waals surface area contributed by atoms with Gasteiger partial charge in [-0.25, -0.2) is 4.79 Å². The summed E-state index contributed by atoms with van der Waals surface area (Å²) in [7, 11) is 0. The minimum atomic E-state index is -0.548. The molecule has 0 amide bonds. The molecule has 164 valence electrons. The van der Waals surface area contributed by atoms with Gasteiger partial charge in [0.15, 0.2) is 0 Å². The molecule has 0 unspecified atom stereocenters. The van der Waals surface area contributed by atoms with E-state index in [4.69, 9.17) is 4.74 Å². The predicted molar refractivity (Wildman–Crippen MR) is 131 cm³/mol. The number of aromatic amines is 1. The number of benzene rings is 2. The van der Waals surface area contributed by atoms with E-state index in [0.717, 1.165) is 27.9 Å². The molecule has 0 spiro atoms. The highest BCUT2D eigenvalue weighted by Crippen LogP contribution is 2.30. The molecule has 2 aromatic heterocycles. The highest BCUT2D eigenvalue weighted by atomic mass is 16.6. The smallest absolute Gasteiger partial charge is 0.419 e. The number of fused-ring (bicyclic) bond motifs is 1. The van der Waals surface area contributed by atoms with Gasteiger partial charge in [-0.3, -0.25) is 9.67 Å². The minimum absolute atomic E-state index is 0. The molecule has 0 aliphatic heterocycles. The third-order valence-electron chi connectivity index (χ3n) is 4.46. The number of H-pyrrole nitrogens is 1. The number of carbonyl (C=O) groups excluding carboxylic acids is 1. The quantitative estimate of drug-likeness (QED) is 0.370. The molecule has 1 N–H and O–H groups in total. The lowest BCUT2D eigenvalue weighted by Crippen LogP contribution is -2.26. The van der Waals surface area contributed by atoms with E-state index in [1.807, 2.05) is 88.4 Å². The SMILES string of the molecule is C/C=C\c1cc(-c2cn(C(=O)OC(C)(C)C)c3ccccc23)n[nH]1.Cc1ccccc1.[HH].[HH]. The van der Waals surface area contributed by atoms with Crippen LogP contribution in [0.25, 0.3) is 28.2 Å². The highest BCUT2D eigenvalue weighted by Gasteiger charge is 2.21. The average molecular weight is 420 g/mol. The molecule has 2 aromatic carbocycles. The number of ether oxygens (including phenoxy) is 1. The van der Waals surface area contributed by atoms with Crippen LogP contribution in [-0.4, -0.2) is 26.5 Å². The van der Waals surface area contributed by atoms with Crippen LogP contribution >= 0.6 is 0 Å². The van der Waals surface area contributed by atoms with Gasteiger partial charge >= 0.3 is 6.09 Å². The van der Waals surface area contributed by atoms with Crippen LogP contribution in [0.15, 0.2) is 72.9 Å². The Hall–Kier alpha value is -3.60. The topological polar surface area (TPSA) is 59.9 Å². The van der Waals surface area contributed by atoms with Gasteiger partial charge in [0.2, 0.25) is 0 Å². The molecule has 0 saturated heterocycles. The van der Waals surface area contributed by atoms with Crippen LogP contribution < -0.4 is 0 Å². The van der Waals surface area contributed by atoms with Gasteiger partial charge in [0, 0.05) is 20.0 Å². The molecule has 0 saturated carbocycles. The molecule has 4 aromatic rings. The molecular formula is C26H33N3O2. The number of rotatable bonds is 2. The van der Waals surface area contributed by atoms with Gasteiger partial charge in [0.1, 0.15) is 5.60 Å². The Kier molecular flexibility index (Phi) is 6.75. The lowest BCUT2D eigenvalue weighted by Gasteiger charge is -2.19. The van der Waals surface area contributed by atoms with Crippen molar-refractivity contribution >= 4 is 23.1 Å². The Morgan fingerprint density at radius 1 is 1.10 bits per heavy atom. The summed E-state index contributed by atoms with van der Waals surface area (Å²) in [4.78, 5) is 12.5. The Balaban J connectivity index is 0.000000521. The number of para-hydroxylation sites is 1. The molecule has 0 atom stereocenters. The Morgan fingerprint density at radius 2 is 1.77 bits per heavy atom. The second kappa shape index (κ2) is 9.47. The molecule has 0 aliphatic carbocycles. The monoisotopic (exact) mass is 419 g/mol. The number of aromatic nitrogens is 3. The van der Waals surface area contributed by atoms with Gasteiger partial charge in [0.05, 0.1) is 16.9 Å². The summed E-state index contributed by atoms with van der Waals surface area (Å²) in [6.45, 7) is 9.60. The first-order chi connectivity index (χ1) is 14.8. The summed E-state index contributed by atoms with van der Waals surface area (Å²) in [6, 6.07) is 20.0. The van der Waals surface area contributed by atoms with Gasteiger partial charge < -0.3 is 4.74 Å². The number of hydrogen-bond donors (Lipinski definition) is 1. The molecule has 4 rings (SSSR count). The molecule has 0 fully saturated rings. The zero-order valence-electron chi connectivity index (χ0n) is 18.7. The summed E-state index contributed by atoms with van der Waals surface area (Å²) in [5, 5.41) is 8.31. The number of allylic oxidation sites excluding steroid dienone is 1. The first-order valence-corrected chi connectivity index (χ1v) is 10.3. The van der Waals surface area contributed by atoms with E-state index in [-0.39, 0.29) is 2.85 Å². The van der Waals surface area contributed by atoms with Crippen LogP contribution in [0.2, 0.25) is 0 Å². The molecule has 2 heterocycles. The van der Waals surface area contributed by atoms with Crippen molar-refractivity contribution < 1.29 is 12.4 Å². The summed E-state index contributed by atoms with van der Waals surface area (Å²) >= 11 is 0. The van der Waals surface area contributed by atoms with E-state index in [0.29, 0.717) is 0 Å². The largest absolute Gasteiger partial charge is 0.443 e. The third kappa shape index (κ3) is 5.72. The number of nitrogens with one attached hydrogen (secondary N) is 1. The van der Waals surface area contributed by atoms with Crippen molar-refractivity contribution in [3.63, 3.8) is 0 Å². The zero-order chi connectivity index (χ0) is 22.4. The maximum absolute atomic E-state index is 12.5. The number of carbonyl (C=O) groups is 1. The summed E-state index contributed by atoms with van der Waals surface area (Å²) in [5.74, 6) is 0. The minimum Gasteiger partial charge on any atom is -0.443 e.